The molecule has 2 aromatic carbocycles. The van der Waals surface area contributed by atoms with Crippen molar-refractivity contribution in [2.75, 3.05) is 0 Å². The summed E-state index contributed by atoms with van der Waals surface area (Å²) >= 11 is 23.8. The van der Waals surface area contributed by atoms with Crippen molar-refractivity contribution in [2.24, 2.45) is 0 Å². The van der Waals surface area contributed by atoms with Crippen molar-refractivity contribution in [3.63, 3.8) is 0 Å². The number of hydrogen-bond acceptors (Lipinski definition) is 0. The summed E-state index contributed by atoms with van der Waals surface area (Å²) < 4.78 is 26.1. The molecule has 0 unspecified atom stereocenters. The summed E-state index contributed by atoms with van der Waals surface area (Å²) in [6, 6.07) is 7.15. The van der Waals surface area contributed by atoms with Crippen LogP contribution in [0.2, 0.25) is 20.1 Å². The number of benzene rings is 2. The van der Waals surface area contributed by atoms with E-state index in [4.69, 9.17) is 46.4 Å². The number of hydrogen-bond donors (Lipinski definition) is 0. The third-order valence-corrected chi connectivity index (χ3v) is 3.88. The maximum atomic E-state index is 13.1. The molecule has 0 fully saturated rings. The van der Waals surface area contributed by atoms with Gasteiger partial charge in [0.15, 0.2) is 0 Å². The molecule has 2 rings (SSSR count). The first kappa shape index (κ1) is 14.9. The van der Waals surface area contributed by atoms with Gasteiger partial charge >= 0.3 is 0 Å². The van der Waals surface area contributed by atoms with E-state index >= 15 is 0 Å². The standard InChI is InChI=1S/C13H6Cl4F2/c14-6-4-8(12(17)10(16)5-6)11-7(13(18)19)2-1-3-9(11)15/h1-5,13H. The van der Waals surface area contributed by atoms with Crippen LogP contribution >= 0.6 is 46.4 Å². The molecule has 19 heavy (non-hydrogen) atoms. The Kier molecular flexibility index (Phi) is 4.57. The zero-order chi connectivity index (χ0) is 14.2. The van der Waals surface area contributed by atoms with Crippen LogP contribution in [-0.2, 0) is 0 Å². The number of halogens is 6. The van der Waals surface area contributed by atoms with Gasteiger partial charge < -0.3 is 0 Å². The van der Waals surface area contributed by atoms with Crippen molar-refractivity contribution in [3.05, 3.63) is 56.0 Å². The third-order valence-electron chi connectivity index (χ3n) is 2.54. The van der Waals surface area contributed by atoms with Crippen molar-refractivity contribution in [1.82, 2.24) is 0 Å². The molecule has 0 aliphatic rings. The topological polar surface area (TPSA) is 0 Å². The minimum atomic E-state index is -2.68. The first-order valence-electron chi connectivity index (χ1n) is 5.13. The molecule has 0 aromatic heterocycles. The highest BCUT2D eigenvalue weighted by atomic mass is 35.5. The highest BCUT2D eigenvalue weighted by Gasteiger charge is 2.20. The Morgan fingerprint density at radius 1 is 0.895 bits per heavy atom. The molecule has 0 N–H and O–H groups in total. The molecule has 0 nitrogen and oxygen atoms in total. The lowest BCUT2D eigenvalue weighted by atomic mass is 9.99. The van der Waals surface area contributed by atoms with Crippen LogP contribution in [0.15, 0.2) is 30.3 Å². The molecule has 0 spiro atoms. The van der Waals surface area contributed by atoms with Crippen molar-refractivity contribution < 1.29 is 8.78 Å². The fraction of sp³-hybridized carbons (Fsp3) is 0.0769. The Balaban J connectivity index is 2.79. The van der Waals surface area contributed by atoms with Gasteiger partial charge in [-0.1, -0.05) is 58.5 Å². The van der Waals surface area contributed by atoms with E-state index in [0.717, 1.165) is 0 Å². The Morgan fingerprint density at radius 2 is 1.58 bits per heavy atom. The molecule has 0 radical (unpaired) electrons. The van der Waals surface area contributed by atoms with E-state index in [9.17, 15) is 8.78 Å². The minimum absolute atomic E-state index is 0.140. The molecule has 0 saturated carbocycles. The lowest BCUT2D eigenvalue weighted by molar-refractivity contribution is 0.152. The highest BCUT2D eigenvalue weighted by molar-refractivity contribution is 6.45. The summed E-state index contributed by atoms with van der Waals surface area (Å²) in [6.45, 7) is 0. The van der Waals surface area contributed by atoms with Crippen LogP contribution in [0.25, 0.3) is 11.1 Å². The Morgan fingerprint density at radius 3 is 2.21 bits per heavy atom. The lowest BCUT2D eigenvalue weighted by Gasteiger charge is -2.13. The van der Waals surface area contributed by atoms with Crippen LogP contribution in [-0.4, -0.2) is 0 Å². The molecule has 0 aliphatic carbocycles. The van der Waals surface area contributed by atoms with Crippen molar-refractivity contribution >= 4 is 46.4 Å². The molecule has 0 amide bonds. The van der Waals surface area contributed by atoms with Crippen molar-refractivity contribution in [3.8, 4) is 11.1 Å². The molecule has 100 valence electrons. The Labute approximate surface area is 128 Å². The lowest BCUT2D eigenvalue weighted by Crippen LogP contribution is -1.92. The van der Waals surface area contributed by atoms with E-state index in [-0.39, 0.29) is 26.2 Å². The van der Waals surface area contributed by atoms with Crippen LogP contribution in [0, 0.1) is 0 Å². The van der Waals surface area contributed by atoms with Gasteiger partial charge in [0.25, 0.3) is 6.43 Å². The van der Waals surface area contributed by atoms with Crippen LogP contribution in [0.5, 0.6) is 0 Å². The second kappa shape index (κ2) is 5.84. The zero-order valence-electron chi connectivity index (χ0n) is 9.23. The van der Waals surface area contributed by atoms with E-state index in [1.165, 1.54) is 30.3 Å². The van der Waals surface area contributed by atoms with E-state index < -0.39 is 6.43 Å². The average Bonchev–Trinajstić information content (AvgIpc) is 2.33. The fourth-order valence-corrected chi connectivity index (χ4v) is 2.73. The summed E-state index contributed by atoms with van der Waals surface area (Å²) in [5.41, 5.74) is 0.223. The van der Waals surface area contributed by atoms with Crippen LogP contribution in [0.3, 0.4) is 0 Å². The Hall–Kier alpha value is -0.540. The highest BCUT2D eigenvalue weighted by Crippen LogP contribution is 2.43. The Bertz CT molecular complexity index is 626. The minimum Gasteiger partial charge on any atom is -0.205 e. The molecule has 0 atom stereocenters. The van der Waals surface area contributed by atoms with Gasteiger partial charge in [0.1, 0.15) is 0 Å². The van der Waals surface area contributed by atoms with Gasteiger partial charge in [-0.15, -0.1) is 0 Å². The van der Waals surface area contributed by atoms with E-state index in [1.54, 1.807) is 0 Å². The molecular formula is C13H6Cl4F2. The quantitative estimate of drug-likeness (QED) is 0.521. The first-order valence-corrected chi connectivity index (χ1v) is 6.64. The average molecular weight is 342 g/mol. The summed E-state index contributed by atoms with van der Waals surface area (Å²) in [5.74, 6) is 0. The summed E-state index contributed by atoms with van der Waals surface area (Å²) in [5, 5.41) is 0.785. The van der Waals surface area contributed by atoms with E-state index in [0.29, 0.717) is 10.6 Å². The van der Waals surface area contributed by atoms with Gasteiger partial charge in [-0.2, -0.15) is 0 Å². The van der Waals surface area contributed by atoms with Crippen LogP contribution in [0.4, 0.5) is 8.78 Å². The summed E-state index contributed by atoms with van der Waals surface area (Å²) in [7, 11) is 0. The predicted molar refractivity (Wildman–Crippen MR) is 76.9 cm³/mol. The van der Waals surface area contributed by atoms with Crippen molar-refractivity contribution in [1.29, 1.82) is 0 Å². The zero-order valence-corrected chi connectivity index (χ0v) is 12.3. The SMILES string of the molecule is FC(F)c1cccc(Cl)c1-c1cc(Cl)cc(Cl)c1Cl. The van der Waals surface area contributed by atoms with Crippen molar-refractivity contribution in [2.45, 2.75) is 6.43 Å². The van der Waals surface area contributed by atoms with Gasteiger partial charge in [0.2, 0.25) is 0 Å². The van der Waals surface area contributed by atoms with Crippen LogP contribution < -0.4 is 0 Å². The number of rotatable bonds is 2. The second-order valence-corrected chi connectivity index (χ2v) is 5.38. The van der Waals surface area contributed by atoms with Crippen LogP contribution in [0.1, 0.15) is 12.0 Å². The third kappa shape index (κ3) is 2.97. The first-order chi connectivity index (χ1) is 8.91. The molecular weight excluding hydrogens is 336 g/mol. The van der Waals surface area contributed by atoms with Gasteiger partial charge in [-0.3, -0.25) is 0 Å². The van der Waals surface area contributed by atoms with Gasteiger partial charge in [0.05, 0.1) is 10.0 Å². The van der Waals surface area contributed by atoms with E-state index in [1.807, 2.05) is 0 Å². The predicted octanol–water partition coefficient (Wildman–Crippen LogP) is 6.90. The second-order valence-electron chi connectivity index (χ2n) is 3.75. The largest absolute Gasteiger partial charge is 0.264 e. The fourth-order valence-electron chi connectivity index (χ4n) is 1.74. The summed E-state index contributed by atoms with van der Waals surface area (Å²) in [4.78, 5) is 0. The summed E-state index contributed by atoms with van der Waals surface area (Å²) in [6.07, 6.45) is -2.68. The monoisotopic (exact) mass is 340 g/mol. The van der Waals surface area contributed by atoms with E-state index in [2.05, 4.69) is 0 Å². The smallest absolute Gasteiger partial charge is 0.205 e. The maximum absolute atomic E-state index is 13.1. The molecule has 0 bridgehead atoms. The molecule has 0 saturated heterocycles. The maximum Gasteiger partial charge on any atom is 0.264 e. The molecule has 2 aromatic rings. The number of alkyl halides is 2. The molecule has 0 aliphatic heterocycles. The van der Waals surface area contributed by atoms with Gasteiger partial charge in [0, 0.05) is 26.7 Å². The molecule has 0 heterocycles. The van der Waals surface area contributed by atoms with Gasteiger partial charge in [-0.05, 0) is 18.2 Å². The van der Waals surface area contributed by atoms with Gasteiger partial charge in [-0.25, -0.2) is 8.78 Å². The normalized spacial score (nSPS) is 11.1. The molecule has 6 heteroatoms.